The van der Waals surface area contributed by atoms with Crippen LogP contribution in [0.15, 0.2) is 48.3 Å². The molecule has 106 valence electrons. The Labute approximate surface area is 122 Å². The van der Waals surface area contributed by atoms with Crippen LogP contribution in [0.1, 0.15) is 44.7 Å². The lowest BCUT2D eigenvalue weighted by molar-refractivity contribution is 0.137. The van der Waals surface area contributed by atoms with E-state index in [0.29, 0.717) is 5.56 Å². The van der Waals surface area contributed by atoms with Gasteiger partial charge in [-0.25, -0.2) is 0 Å². The molecule has 2 nitrogen and oxygen atoms in total. The molecule has 0 fully saturated rings. The Kier molecular flexibility index (Phi) is 7.21. The lowest BCUT2D eigenvalue weighted by atomic mass is 10.1. The SMILES string of the molecule is CC/C=C(\C=C/Cc1ccc(C#N)cc1)O[C@@H](C)CC. The highest BCUT2D eigenvalue weighted by molar-refractivity contribution is 5.32. The van der Waals surface area contributed by atoms with Crippen molar-refractivity contribution < 1.29 is 4.74 Å². The number of allylic oxidation sites excluding steroid dienone is 3. The minimum atomic E-state index is 0.243. The van der Waals surface area contributed by atoms with Crippen molar-refractivity contribution in [3.8, 4) is 6.07 Å². The number of hydrogen-bond donors (Lipinski definition) is 0. The van der Waals surface area contributed by atoms with Gasteiger partial charge in [0.2, 0.25) is 0 Å². The fraction of sp³-hybridized carbons (Fsp3) is 0.389. The number of nitriles is 1. The minimum Gasteiger partial charge on any atom is -0.491 e. The van der Waals surface area contributed by atoms with Gasteiger partial charge in [-0.1, -0.05) is 32.1 Å². The highest BCUT2D eigenvalue weighted by atomic mass is 16.5. The second-order valence-corrected chi connectivity index (χ2v) is 4.77. The molecule has 0 aliphatic carbocycles. The van der Waals surface area contributed by atoms with E-state index in [0.717, 1.165) is 25.0 Å². The third kappa shape index (κ3) is 5.75. The molecule has 0 bridgehead atoms. The second-order valence-electron chi connectivity index (χ2n) is 4.77. The van der Waals surface area contributed by atoms with Gasteiger partial charge in [0.05, 0.1) is 17.7 Å². The smallest absolute Gasteiger partial charge is 0.115 e. The molecule has 2 heteroatoms. The van der Waals surface area contributed by atoms with Crippen LogP contribution >= 0.6 is 0 Å². The highest BCUT2D eigenvalue weighted by Crippen LogP contribution is 2.10. The van der Waals surface area contributed by atoms with Crippen LogP contribution in [0.3, 0.4) is 0 Å². The van der Waals surface area contributed by atoms with Gasteiger partial charge in [-0.3, -0.25) is 0 Å². The number of rotatable bonds is 7. The zero-order chi connectivity index (χ0) is 14.8. The van der Waals surface area contributed by atoms with Gasteiger partial charge in [0.1, 0.15) is 5.76 Å². The maximum Gasteiger partial charge on any atom is 0.115 e. The van der Waals surface area contributed by atoms with E-state index in [1.807, 2.05) is 30.3 Å². The molecule has 0 saturated carbocycles. The fourth-order valence-corrected chi connectivity index (χ4v) is 1.70. The molecule has 0 unspecified atom stereocenters. The van der Waals surface area contributed by atoms with Crippen molar-refractivity contribution >= 4 is 0 Å². The first-order chi connectivity index (χ1) is 9.69. The average molecular weight is 269 g/mol. The van der Waals surface area contributed by atoms with Gasteiger partial charge in [-0.05, 0) is 56.0 Å². The zero-order valence-electron chi connectivity index (χ0n) is 12.6. The third-order valence-electron chi connectivity index (χ3n) is 3.04. The van der Waals surface area contributed by atoms with Crippen LogP contribution in [0, 0.1) is 11.3 Å². The first-order valence-corrected chi connectivity index (χ1v) is 7.22. The van der Waals surface area contributed by atoms with E-state index in [9.17, 15) is 0 Å². The lowest BCUT2D eigenvalue weighted by Crippen LogP contribution is -2.04. The van der Waals surface area contributed by atoms with Gasteiger partial charge in [0.15, 0.2) is 0 Å². The van der Waals surface area contributed by atoms with Crippen LogP contribution in [0.4, 0.5) is 0 Å². The van der Waals surface area contributed by atoms with E-state index in [1.54, 1.807) is 0 Å². The molecule has 0 heterocycles. The van der Waals surface area contributed by atoms with Gasteiger partial charge >= 0.3 is 0 Å². The summed E-state index contributed by atoms with van der Waals surface area (Å²) in [5.41, 5.74) is 1.89. The van der Waals surface area contributed by atoms with E-state index >= 15 is 0 Å². The summed E-state index contributed by atoms with van der Waals surface area (Å²) in [6, 6.07) is 9.80. The summed E-state index contributed by atoms with van der Waals surface area (Å²) in [7, 11) is 0. The van der Waals surface area contributed by atoms with Gasteiger partial charge in [-0.2, -0.15) is 5.26 Å². The van der Waals surface area contributed by atoms with Gasteiger partial charge in [0.25, 0.3) is 0 Å². The Balaban J connectivity index is 2.60. The number of ether oxygens (including phenoxy) is 1. The van der Waals surface area contributed by atoms with Crippen LogP contribution in [-0.2, 0) is 11.2 Å². The molecule has 0 N–H and O–H groups in total. The quantitative estimate of drug-likeness (QED) is 0.528. The summed E-state index contributed by atoms with van der Waals surface area (Å²) in [5, 5.41) is 8.76. The molecule has 20 heavy (non-hydrogen) atoms. The average Bonchev–Trinajstić information content (AvgIpc) is 2.48. The third-order valence-corrected chi connectivity index (χ3v) is 3.04. The molecule has 0 spiro atoms. The Bertz CT molecular complexity index is 491. The van der Waals surface area contributed by atoms with E-state index in [4.69, 9.17) is 10.00 Å². The molecule has 0 amide bonds. The molecular formula is C18H23NO. The van der Waals surface area contributed by atoms with Crippen LogP contribution in [-0.4, -0.2) is 6.10 Å². The maximum atomic E-state index is 8.76. The molecular weight excluding hydrogens is 246 g/mol. The van der Waals surface area contributed by atoms with Gasteiger partial charge in [-0.15, -0.1) is 0 Å². The van der Waals surface area contributed by atoms with Crippen LogP contribution in [0.5, 0.6) is 0 Å². The molecule has 1 atom stereocenters. The van der Waals surface area contributed by atoms with Gasteiger partial charge < -0.3 is 4.74 Å². The second kappa shape index (κ2) is 8.98. The predicted molar refractivity (Wildman–Crippen MR) is 83.2 cm³/mol. The van der Waals surface area contributed by atoms with Crippen LogP contribution < -0.4 is 0 Å². The van der Waals surface area contributed by atoms with Crippen LogP contribution in [0.2, 0.25) is 0 Å². The molecule has 0 aromatic heterocycles. The first-order valence-electron chi connectivity index (χ1n) is 7.22. The zero-order valence-corrected chi connectivity index (χ0v) is 12.6. The highest BCUT2D eigenvalue weighted by Gasteiger charge is 2.00. The summed E-state index contributed by atoms with van der Waals surface area (Å²) in [6.45, 7) is 6.31. The number of benzene rings is 1. The molecule has 0 radical (unpaired) electrons. The summed E-state index contributed by atoms with van der Waals surface area (Å²) in [6.07, 6.45) is 9.29. The molecule has 1 rings (SSSR count). The standard InChI is InChI=1S/C18H23NO/c1-4-7-18(20-15(3)5-2)9-6-8-16-10-12-17(14-19)13-11-16/h6-7,9-13,15H,4-5,8H2,1-3H3/b9-6-,18-7+/t15-/m0/s1. The molecule has 1 aromatic carbocycles. The lowest BCUT2D eigenvalue weighted by Gasteiger charge is -2.13. The minimum absolute atomic E-state index is 0.243. The predicted octanol–water partition coefficient (Wildman–Crippen LogP) is 4.77. The summed E-state index contributed by atoms with van der Waals surface area (Å²) in [5.74, 6) is 0.940. The van der Waals surface area contributed by atoms with Crippen molar-refractivity contribution in [3.63, 3.8) is 0 Å². The van der Waals surface area contributed by atoms with Crippen molar-refractivity contribution in [2.75, 3.05) is 0 Å². The van der Waals surface area contributed by atoms with Crippen molar-refractivity contribution in [1.29, 1.82) is 5.26 Å². The van der Waals surface area contributed by atoms with Crippen molar-refractivity contribution in [2.45, 2.75) is 46.1 Å². The Morgan fingerprint density at radius 2 is 2.00 bits per heavy atom. The Morgan fingerprint density at radius 1 is 1.30 bits per heavy atom. The van der Waals surface area contributed by atoms with E-state index in [1.165, 1.54) is 5.56 Å². The normalized spacial score (nSPS) is 13.2. The summed E-state index contributed by atoms with van der Waals surface area (Å²) >= 11 is 0. The molecule has 0 aliphatic rings. The largest absolute Gasteiger partial charge is 0.491 e. The molecule has 0 saturated heterocycles. The number of nitrogens with zero attached hydrogens (tertiary/aromatic N) is 1. The summed E-state index contributed by atoms with van der Waals surface area (Å²) < 4.78 is 5.85. The van der Waals surface area contributed by atoms with Gasteiger partial charge in [0, 0.05) is 0 Å². The topological polar surface area (TPSA) is 33.0 Å². The monoisotopic (exact) mass is 269 g/mol. The Morgan fingerprint density at radius 3 is 2.55 bits per heavy atom. The molecule has 1 aromatic rings. The van der Waals surface area contributed by atoms with E-state index in [-0.39, 0.29) is 6.10 Å². The summed E-state index contributed by atoms with van der Waals surface area (Å²) in [4.78, 5) is 0. The maximum absolute atomic E-state index is 8.76. The van der Waals surface area contributed by atoms with Crippen molar-refractivity contribution in [3.05, 3.63) is 59.4 Å². The number of hydrogen-bond acceptors (Lipinski definition) is 2. The van der Waals surface area contributed by atoms with Crippen LogP contribution in [0.25, 0.3) is 0 Å². The molecule has 0 aliphatic heterocycles. The Hall–Kier alpha value is -2.01. The van der Waals surface area contributed by atoms with E-state index < -0.39 is 0 Å². The van der Waals surface area contributed by atoms with E-state index in [2.05, 4.69) is 39.0 Å². The van der Waals surface area contributed by atoms with Crippen molar-refractivity contribution in [1.82, 2.24) is 0 Å². The fourth-order valence-electron chi connectivity index (χ4n) is 1.70. The van der Waals surface area contributed by atoms with Crippen molar-refractivity contribution in [2.24, 2.45) is 0 Å². The first kappa shape index (κ1) is 16.0.